The first-order chi connectivity index (χ1) is 10.6. The number of hydrogen-bond acceptors (Lipinski definition) is 3. The highest BCUT2D eigenvalue weighted by Gasteiger charge is 2.28. The Hall–Kier alpha value is -1.95. The molecule has 1 saturated heterocycles. The summed E-state index contributed by atoms with van der Waals surface area (Å²) in [6.07, 6.45) is 4.00. The number of benzene rings is 1. The molecule has 0 N–H and O–H groups in total. The summed E-state index contributed by atoms with van der Waals surface area (Å²) in [5.74, 6) is 0.137. The van der Waals surface area contributed by atoms with Gasteiger partial charge in [-0.05, 0) is 40.2 Å². The van der Waals surface area contributed by atoms with E-state index in [0.717, 1.165) is 10.9 Å². The van der Waals surface area contributed by atoms with E-state index in [1.807, 2.05) is 0 Å². The van der Waals surface area contributed by atoms with Gasteiger partial charge in [0.2, 0.25) is 0 Å². The van der Waals surface area contributed by atoms with Crippen molar-refractivity contribution in [3.8, 4) is 5.75 Å². The van der Waals surface area contributed by atoms with Gasteiger partial charge in [-0.25, -0.2) is 4.39 Å². The number of likely N-dealkylation sites (tertiary alicyclic amines) is 1. The van der Waals surface area contributed by atoms with E-state index in [4.69, 9.17) is 4.74 Å². The zero-order valence-electron chi connectivity index (χ0n) is 11.7. The Morgan fingerprint density at radius 2 is 2.27 bits per heavy atom. The third-order valence-electron chi connectivity index (χ3n) is 3.53. The Morgan fingerprint density at radius 3 is 3.05 bits per heavy atom. The minimum atomic E-state index is -0.404. The van der Waals surface area contributed by atoms with Crippen LogP contribution in [0.3, 0.4) is 0 Å². The van der Waals surface area contributed by atoms with Crippen LogP contribution in [0.4, 0.5) is 4.39 Å². The van der Waals surface area contributed by atoms with Crippen LogP contribution < -0.4 is 4.74 Å². The number of carbonyl (C=O) groups is 1. The van der Waals surface area contributed by atoms with E-state index in [0.29, 0.717) is 24.4 Å². The second-order valence-corrected chi connectivity index (χ2v) is 5.95. The summed E-state index contributed by atoms with van der Waals surface area (Å²) >= 11 is 3.38. The molecular formula is C16H14BrFN2O2. The number of amides is 1. The van der Waals surface area contributed by atoms with E-state index < -0.39 is 5.82 Å². The van der Waals surface area contributed by atoms with Crippen LogP contribution in [0.5, 0.6) is 5.75 Å². The third-order valence-corrected chi connectivity index (χ3v) is 4.13. The summed E-state index contributed by atoms with van der Waals surface area (Å²) in [5.41, 5.74) is 0.366. The van der Waals surface area contributed by atoms with Gasteiger partial charge in [0.1, 0.15) is 17.7 Å². The molecule has 0 aliphatic carbocycles. The number of nitrogens with zero attached hydrogens (tertiary/aromatic N) is 2. The van der Waals surface area contributed by atoms with E-state index in [1.54, 1.807) is 35.5 Å². The van der Waals surface area contributed by atoms with Crippen molar-refractivity contribution in [3.63, 3.8) is 0 Å². The smallest absolute Gasteiger partial charge is 0.254 e. The highest BCUT2D eigenvalue weighted by molar-refractivity contribution is 9.10. The second kappa shape index (κ2) is 6.44. The van der Waals surface area contributed by atoms with Crippen molar-refractivity contribution in [3.05, 3.63) is 58.6 Å². The third kappa shape index (κ3) is 3.27. The molecule has 6 heteroatoms. The van der Waals surface area contributed by atoms with Crippen molar-refractivity contribution in [1.82, 2.24) is 9.88 Å². The van der Waals surface area contributed by atoms with Gasteiger partial charge in [0, 0.05) is 30.9 Å². The molecule has 1 aromatic carbocycles. The number of aromatic nitrogens is 1. The molecule has 1 fully saturated rings. The molecule has 1 aromatic heterocycles. The summed E-state index contributed by atoms with van der Waals surface area (Å²) in [4.78, 5) is 18.0. The van der Waals surface area contributed by atoms with Crippen LogP contribution in [-0.2, 0) is 0 Å². The first-order valence-corrected chi connectivity index (χ1v) is 7.74. The summed E-state index contributed by atoms with van der Waals surface area (Å²) < 4.78 is 19.9. The maximum absolute atomic E-state index is 13.2. The minimum Gasteiger partial charge on any atom is -0.487 e. The zero-order chi connectivity index (χ0) is 15.5. The molecule has 1 atom stereocenters. The Labute approximate surface area is 136 Å². The number of hydrogen-bond donors (Lipinski definition) is 0. The summed E-state index contributed by atoms with van der Waals surface area (Å²) in [6.45, 7) is 1.09. The van der Waals surface area contributed by atoms with Crippen LogP contribution in [0, 0.1) is 5.82 Å². The molecule has 114 valence electrons. The fraction of sp³-hybridized carbons (Fsp3) is 0.250. The molecular weight excluding hydrogens is 351 g/mol. The van der Waals surface area contributed by atoms with Crippen molar-refractivity contribution in [2.24, 2.45) is 0 Å². The van der Waals surface area contributed by atoms with Gasteiger partial charge in [-0.3, -0.25) is 9.78 Å². The van der Waals surface area contributed by atoms with Gasteiger partial charge in [0.05, 0.1) is 11.0 Å². The quantitative estimate of drug-likeness (QED) is 0.839. The number of pyridine rings is 1. The molecule has 0 radical (unpaired) electrons. The van der Waals surface area contributed by atoms with Crippen molar-refractivity contribution < 1.29 is 13.9 Å². The monoisotopic (exact) mass is 364 g/mol. The van der Waals surface area contributed by atoms with Crippen LogP contribution in [0.2, 0.25) is 0 Å². The Morgan fingerprint density at radius 1 is 1.41 bits per heavy atom. The molecule has 1 aliphatic heterocycles. The van der Waals surface area contributed by atoms with Gasteiger partial charge >= 0.3 is 0 Å². The van der Waals surface area contributed by atoms with Crippen LogP contribution in [-0.4, -0.2) is 35.0 Å². The zero-order valence-corrected chi connectivity index (χ0v) is 13.3. The van der Waals surface area contributed by atoms with Crippen LogP contribution in [0.15, 0.2) is 47.2 Å². The van der Waals surface area contributed by atoms with Gasteiger partial charge in [0.15, 0.2) is 0 Å². The van der Waals surface area contributed by atoms with E-state index in [1.165, 1.54) is 12.1 Å². The first kappa shape index (κ1) is 15.0. The SMILES string of the molecule is O=C(c1cccc(F)c1)N1CCC(Oc2ccncc2Br)C1. The summed E-state index contributed by atoms with van der Waals surface area (Å²) in [5, 5.41) is 0. The predicted octanol–water partition coefficient (Wildman–Crippen LogP) is 3.28. The highest BCUT2D eigenvalue weighted by atomic mass is 79.9. The number of rotatable bonds is 3. The highest BCUT2D eigenvalue weighted by Crippen LogP contribution is 2.26. The lowest BCUT2D eigenvalue weighted by molar-refractivity contribution is 0.0771. The Bertz CT molecular complexity index is 695. The lowest BCUT2D eigenvalue weighted by Crippen LogP contribution is -2.31. The summed E-state index contributed by atoms with van der Waals surface area (Å²) in [7, 11) is 0. The Balaban J connectivity index is 1.65. The van der Waals surface area contributed by atoms with Crippen LogP contribution in [0.1, 0.15) is 16.8 Å². The first-order valence-electron chi connectivity index (χ1n) is 6.94. The molecule has 0 spiro atoms. The van der Waals surface area contributed by atoms with Gasteiger partial charge < -0.3 is 9.64 Å². The number of halogens is 2. The molecule has 1 unspecified atom stereocenters. The second-order valence-electron chi connectivity index (χ2n) is 5.10. The maximum Gasteiger partial charge on any atom is 0.254 e. The van der Waals surface area contributed by atoms with Crippen molar-refractivity contribution >= 4 is 21.8 Å². The number of carbonyl (C=O) groups excluding carboxylic acids is 1. The van der Waals surface area contributed by atoms with E-state index >= 15 is 0 Å². The van der Waals surface area contributed by atoms with Gasteiger partial charge in [-0.15, -0.1) is 0 Å². The molecule has 3 rings (SSSR count). The standard InChI is InChI=1S/C16H14BrFN2O2/c17-14-9-19-6-4-15(14)22-13-5-7-20(10-13)16(21)11-2-1-3-12(18)8-11/h1-4,6,8-9,13H,5,7,10H2. The maximum atomic E-state index is 13.2. The molecule has 2 aromatic rings. The lowest BCUT2D eigenvalue weighted by atomic mass is 10.2. The van der Waals surface area contributed by atoms with E-state index in [2.05, 4.69) is 20.9 Å². The van der Waals surface area contributed by atoms with Gasteiger partial charge in [0.25, 0.3) is 5.91 Å². The molecule has 4 nitrogen and oxygen atoms in total. The van der Waals surface area contributed by atoms with Crippen molar-refractivity contribution in [2.75, 3.05) is 13.1 Å². The molecule has 1 amide bonds. The van der Waals surface area contributed by atoms with Crippen molar-refractivity contribution in [1.29, 1.82) is 0 Å². The molecule has 22 heavy (non-hydrogen) atoms. The minimum absolute atomic E-state index is 0.0730. The Kier molecular flexibility index (Phi) is 4.38. The normalized spacial score (nSPS) is 17.5. The largest absolute Gasteiger partial charge is 0.487 e. The van der Waals surface area contributed by atoms with Crippen LogP contribution >= 0.6 is 15.9 Å². The van der Waals surface area contributed by atoms with Crippen molar-refractivity contribution in [2.45, 2.75) is 12.5 Å². The molecule has 0 bridgehead atoms. The average Bonchev–Trinajstić information content (AvgIpc) is 2.97. The molecule has 0 saturated carbocycles. The average molecular weight is 365 g/mol. The number of ether oxygens (including phenoxy) is 1. The van der Waals surface area contributed by atoms with Crippen LogP contribution in [0.25, 0.3) is 0 Å². The van der Waals surface area contributed by atoms with E-state index in [-0.39, 0.29) is 12.0 Å². The molecule has 2 heterocycles. The topological polar surface area (TPSA) is 42.4 Å². The predicted molar refractivity (Wildman–Crippen MR) is 83.3 cm³/mol. The molecule has 1 aliphatic rings. The summed E-state index contributed by atoms with van der Waals surface area (Å²) in [6, 6.07) is 7.53. The lowest BCUT2D eigenvalue weighted by Gasteiger charge is -2.17. The van der Waals surface area contributed by atoms with Gasteiger partial charge in [-0.2, -0.15) is 0 Å². The fourth-order valence-corrected chi connectivity index (χ4v) is 2.79. The van der Waals surface area contributed by atoms with E-state index in [9.17, 15) is 9.18 Å². The van der Waals surface area contributed by atoms with Gasteiger partial charge in [-0.1, -0.05) is 6.07 Å². The fourth-order valence-electron chi connectivity index (χ4n) is 2.45.